The Bertz CT molecular complexity index is 1020. The minimum Gasteiger partial charge on any atom is -0.493 e. The monoisotopic (exact) mass is 540 g/mol. The topological polar surface area (TPSA) is 120 Å². The molecule has 2 amide bonds. The molecule has 0 heterocycles. The second-order valence-electron chi connectivity index (χ2n) is 8.54. The number of carbonyl (C=O) groups is 2. The molecule has 2 aromatic rings. The molecule has 10 nitrogen and oxygen atoms in total. The smallest absolute Gasteiger partial charge is 0.240 e. The van der Waals surface area contributed by atoms with Crippen LogP contribution in [-0.2, 0) is 9.59 Å². The number of methoxy groups -OCH3 is 2. The van der Waals surface area contributed by atoms with Gasteiger partial charge in [-0.15, -0.1) is 0 Å². The van der Waals surface area contributed by atoms with Crippen molar-refractivity contribution in [3.05, 3.63) is 47.5 Å². The summed E-state index contributed by atoms with van der Waals surface area (Å²) in [6, 6.07) is 10.9. The molecule has 0 radical (unpaired) electrons. The van der Waals surface area contributed by atoms with Crippen LogP contribution in [0.4, 0.5) is 0 Å². The largest absolute Gasteiger partial charge is 0.493 e. The third-order valence-electron chi connectivity index (χ3n) is 5.59. The van der Waals surface area contributed by atoms with Gasteiger partial charge in [-0.3, -0.25) is 9.59 Å². The van der Waals surface area contributed by atoms with Gasteiger partial charge in [0.1, 0.15) is 0 Å². The summed E-state index contributed by atoms with van der Waals surface area (Å²) in [5, 5.41) is 8.03. The lowest BCUT2D eigenvalue weighted by Gasteiger charge is -2.09. The summed E-state index contributed by atoms with van der Waals surface area (Å²) in [6.07, 6.45) is 8.23. The van der Waals surface area contributed by atoms with Gasteiger partial charge in [-0.2, -0.15) is 10.2 Å². The van der Waals surface area contributed by atoms with Gasteiger partial charge in [-0.25, -0.2) is 10.9 Å². The van der Waals surface area contributed by atoms with Crippen LogP contribution in [0, 0.1) is 0 Å². The Morgan fingerprint density at radius 1 is 0.667 bits per heavy atom. The van der Waals surface area contributed by atoms with E-state index in [1.807, 2.05) is 38.1 Å². The molecule has 0 atom stereocenters. The predicted octanol–water partition coefficient (Wildman–Crippen LogP) is 4.83. The van der Waals surface area contributed by atoms with Gasteiger partial charge in [0.25, 0.3) is 0 Å². The molecule has 0 saturated heterocycles. The van der Waals surface area contributed by atoms with Gasteiger partial charge in [-0.1, -0.05) is 19.3 Å². The number of hydrogen-bond acceptors (Lipinski definition) is 8. The van der Waals surface area contributed by atoms with E-state index in [1.165, 1.54) is 0 Å². The normalized spacial score (nSPS) is 11.0. The van der Waals surface area contributed by atoms with Gasteiger partial charge in [0, 0.05) is 12.8 Å². The molecule has 39 heavy (non-hydrogen) atoms. The fourth-order valence-corrected chi connectivity index (χ4v) is 3.65. The highest BCUT2D eigenvalue weighted by Crippen LogP contribution is 2.28. The fraction of sp³-hybridized carbons (Fsp3) is 0.448. The Labute approximate surface area is 230 Å². The first-order valence-electron chi connectivity index (χ1n) is 13.3. The first-order valence-corrected chi connectivity index (χ1v) is 13.3. The van der Waals surface area contributed by atoms with E-state index in [-0.39, 0.29) is 11.8 Å². The number of rotatable bonds is 18. The number of ether oxygens (including phenoxy) is 4. The average molecular weight is 541 g/mol. The molecule has 0 spiro atoms. The summed E-state index contributed by atoms with van der Waals surface area (Å²) in [4.78, 5) is 24.0. The van der Waals surface area contributed by atoms with Gasteiger partial charge in [0.15, 0.2) is 23.0 Å². The van der Waals surface area contributed by atoms with Crippen LogP contribution in [0.2, 0.25) is 0 Å². The van der Waals surface area contributed by atoms with Crippen molar-refractivity contribution < 1.29 is 28.5 Å². The average Bonchev–Trinajstić information content (AvgIpc) is 2.94. The minimum absolute atomic E-state index is 0.133. The molecule has 2 N–H and O–H groups in total. The van der Waals surface area contributed by atoms with Crippen molar-refractivity contribution in [2.45, 2.75) is 58.8 Å². The van der Waals surface area contributed by atoms with Crippen LogP contribution in [0.25, 0.3) is 0 Å². The van der Waals surface area contributed by atoms with Gasteiger partial charge in [0.05, 0.1) is 39.9 Å². The maximum atomic E-state index is 12.0. The summed E-state index contributed by atoms with van der Waals surface area (Å²) in [5.74, 6) is 2.29. The first-order chi connectivity index (χ1) is 19.0. The molecule has 0 unspecified atom stereocenters. The number of nitrogens with zero attached hydrogens (tertiary/aromatic N) is 2. The third kappa shape index (κ3) is 11.9. The van der Waals surface area contributed by atoms with E-state index in [0.717, 1.165) is 43.2 Å². The summed E-state index contributed by atoms with van der Waals surface area (Å²) in [5.41, 5.74) is 6.69. The summed E-state index contributed by atoms with van der Waals surface area (Å²) < 4.78 is 21.6. The molecular formula is C29H40N4O6. The highest BCUT2D eigenvalue weighted by Gasteiger charge is 2.06. The summed E-state index contributed by atoms with van der Waals surface area (Å²) in [6.45, 7) is 4.91. The van der Waals surface area contributed by atoms with E-state index in [9.17, 15) is 9.59 Å². The van der Waals surface area contributed by atoms with Crippen molar-refractivity contribution in [1.29, 1.82) is 0 Å². The second kappa shape index (κ2) is 18.2. The highest BCUT2D eigenvalue weighted by molar-refractivity contribution is 5.84. The first kappa shape index (κ1) is 31.1. The van der Waals surface area contributed by atoms with Crippen LogP contribution in [0.1, 0.15) is 69.9 Å². The Kier molecular flexibility index (Phi) is 14.5. The molecule has 0 bridgehead atoms. The van der Waals surface area contributed by atoms with Crippen LogP contribution < -0.4 is 29.8 Å². The van der Waals surface area contributed by atoms with E-state index in [4.69, 9.17) is 18.9 Å². The van der Waals surface area contributed by atoms with Gasteiger partial charge in [0.2, 0.25) is 11.8 Å². The molecule has 10 heteroatoms. The van der Waals surface area contributed by atoms with E-state index < -0.39 is 0 Å². The van der Waals surface area contributed by atoms with Crippen LogP contribution >= 0.6 is 0 Å². The molecule has 0 saturated carbocycles. The molecule has 0 aliphatic heterocycles. The number of benzene rings is 2. The van der Waals surface area contributed by atoms with E-state index in [2.05, 4.69) is 21.1 Å². The number of amides is 2. The molecule has 0 fully saturated rings. The summed E-state index contributed by atoms with van der Waals surface area (Å²) >= 11 is 0. The minimum atomic E-state index is -0.133. The Hall–Kier alpha value is -4.08. The maximum absolute atomic E-state index is 12.0. The summed E-state index contributed by atoms with van der Waals surface area (Å²) in [7, 11) is 3.15. The molecule has 2 rings (SSSR count). The number of hydrogen-bond donors (Lipinski definition) is 2. The van der Waals surface area contributed by atoms with Crippen molar-refractivity contribution in [3.8, 4) is 23.0 Å². The fourth-order valence-electron chi connectivity index (χ4n) is 3.65. The quantitative estimate of drug-likeness (QED) is 0.159. The number of carbonyl (C=O) groups excluding carboxylic acids is 2. The van der Waals surface area contributed by atoms with Crippen molar-refractivity contribution in [3.63, 3.8) is 0 Å². The van der Waals surface area contributed by atoms with Gasteiger partial charge in [-0.05, 0) is 74.2 Å². The van der Waals surface area contributed by atoms with Crippen LogP contribution in [0.3, 0.4) is 0 Å². The second-order valence-corrected chi connectivity index (χ2v) is 8.54. The van der Waals surface area contributed by atoms with Gasteiger partial charge >= 0.3 is 0 Å². The zero-order chi connectivity index (χ0) is 28.3. The highest BCUT2D eigenvalue weighted by atomic mass is 16.5. The lowest BCUT2D eigenvalue weighted by molar-refractivity contribution is -0.121. The zero-order valence-corrected chi connectivity index (χ0v) is 23.3. The van der Waals surface area contributed by atoms with Crippen molar-refractivity contribution >= 4 is 24.2 Å². The molecule has 2 aromatic carbocycles. The molecular weight excluding hydrogens is 500 g/mol. The van der Waals surface area contributed by atoms with E-state index >= 15 is 0 Å². The van der Waals surface area contributed by atoms with Crippen molar-refractivity contribution in [2.75, 3.05) is 27.4 Å². The SMILES string of the molecule is CCOc1ccc(C=NNC(=O)CCCCCCCC(=O)NN=Cc2ccc(OCC)c(OC)c2)cc1OC. The lowest BCUT2D eigenvalue weighted by atomic mass is 10.1. The van der Waals surface area contributed by atoms with Crippen molar-refractivity contribution in [1.82, 2.24) is 10.9 Å². The number of hydrazone groups is 2. The molecule has 212 valence electrons. The van der Waals surface area contributed by atoms with E-state index in [0.29, 0.717) is 49.1 Å². The van der Waals surface area contributed by atoms with Crippen LogP contribution in [0.5, 0.6) is 23.0 Å². The predicted molar refractivity (Wildman–Crippen MR) is 152 cm³/mol. The number of unbranched alkanes of at least 4 members (excludes halogenated alkanes) is 4. The van der Waals surface area contributed by atoms with Gasteiger partial charge < -0.3 is 18.9 Å². The Morgan fingerprint density at radius 3 is 1.46 bits per heavy atom. The third-order valence-corrected chi connectivity index (χ3v) is 5.59. The Balaban J connectivity index is 1.56. The van der Waals surface area contributed by atoms with Crippen LogP contribution in [0.15, 0.2) is 46.6 Å². The Morgan fingerprint density at radius 2 is 1.08 bits per heavy atom. The van der Waals surface area contributed by atoms with E-state index in [1.54, 1.807) is 38.8 Å². The zero-order valence-electron chi connectivity index (χ0n) is 23.3. The molecule has 0 aromatic heterocycles. The molecule has 0 aliphatic rings. The maximum Gasteiger partial charge on any atom is 0.240 e. The number of nitrogens with one attached hydrogen (secondary N) is 2. The van der Waals surface area contributed by atoms with Crippen molar-refractivity contribution in [2.24, 2.45) is 10.2 Å². The lowest BCUT2D eigenvalue weighted by Crippen LogP contribution is -2.17. The standard InChI is InChI=1S/C29H40N4O6/c1-5-38-24-16-14-22(18-26(24)36-3)20-30-32-28(34)12-10-8-7-9-11-13-29(35)33-31-21-23-15-17-25(39-6-2)27(19-23)37-4/h14-21H,5-13H2,1-4H3,(H,32,34)(H,33,35). The van der Waals surface area contributed by atoms with Crippen LogP contribution in [-0.4, -0.2) is 51.7 Å². The molecule has 0 aliphatic carbocycles.